The van der Waals surface area contributed by atoms with E-state index in [4.69, 9.17) is 0 Å². The van der Waals surface area contributed by atoms with Crippen LogP contribution in [0.4, 0.5) is 11.4 Å². The van der Waals surface area contributed by atoms with Crippen LogP contribution in [0.2, 0.25) is 0 Å². The summed E-state index contributed by atoms with van der Waals surface area (Å²) in [6.45, 7) is 5.47. The Morgan fingerprint density at radius 3 is 1.94 bits per heavy atom. The molecule has 7 nitrogen and oxygen atoms in total. The van der Waals surface area contributed by atoms with Crippen LogP contribution in [-0.2, 0) is 26.6 Å². The topological polar surface area (TPSA) is 104 Å². The zero-order valence-electron chi connectivity index (χ0n) is 18.9. The van der Waals surface area contributed by atoms with Gasteiger partial charge in [-0.1, -0.05) is 31.4 Å². The van der Waals surface area contributed by atoms with Gasteiger partial charge in [0.05, 0.1) is 9.64 Å². The second kappa shape index (κ2) is 9.80. The largest absolute Gasteiger partial charge is 0.381 e. The summed E-state index contributed by atoms with van der Waals surface area (Å²) in [7, 11) is -6.97. The van der Waals surface area contributed by atoms with Crippen molar-refractivity contribution in [3.05, 3.63) is 54.1 Å². The number of rotatable bonds is 8. The van der Waals surface area contributed by atoms with Crippen LogP contribution in [0.25, 0.3) is 0 Å². The molecule has 176 valence electrons. The first-order chi connectivity index (χ1) is 15.0. The standard InChI is InChI=1S/C23H33N3O4S2/c1-23(2,3)32(29,30)26-21-11-9-18(10-12-21)17-24-19-13-15-22(16-14-19)31(27,28)25-20-7-5-4-6-8-20/h9-16,20,24-26H,4-8,17H2,1-3H3. The molecule has 32 heavy (non-hydrogen) atoms. The summed E-state index contributed by atoms with van der Waals surface area (Å²) < 4.78 is 54.2. The first kappa shape index (κ1) is 24.5. The fraction of sp³-hybridized carbons (Fsp3) is 0.478. The Morgan fingerprint density at radius 1 is 0.812 bits per heavy atom. The van der Waals surface area contributed by atoms with Gasteiger partial charge >= 0.3 is 0 Å². The second-order valence-corrected chi connectivity index (χ2v) is 13.4. The molecule has 0 bridgehead atoms. The summed E-state index contributed by atoms with van der Waals surface area (Å²) in [5.74, 6) is 0. The molecule has 1 aliphatic rings. The van der Waals surface area contributed by atoms with Gasteiger partial charge in [0.2, 0.25) is 20.0 Å². The van der Waals surface area contributed by atoms with E-state index in [1.807, 2.05) is 12.1 Å². The fourth-order valence-corrected chi connectivity index (χ4v) is 5.52. The van der Waals surface area contributed by atoms with Gasteiger partial charge in [0.1, 0.15) is 0 Å². The van der Waals surface area contributed by atoms with Crippen LogP contribution in [0.15, 0.2) is 53.4 Å². The number of sulfonamides is 2. The second-order valence-electron chi connectivity index (χ2n) is 9.25. The highest BCUT2D eigenvalue weighted by atomic mass is 32.2. The number of anilines is 2. The predicted octanol–water partition coefficient (Wildman–Crippen LogP) is 4.45. The molecule has 0 atom stereocenters. The Morgan fingerprint density at radius 2 is 1.38 bits per heavy atom. The molecule has 2 aromatic rings. The fourth-order valence-electron chi connectivity index (χ4n) is 3.46. The van der Waals surface area contributed by atoms with E-state index in [0.717, 1.165) is 36.9 Å². The maximum Gasteiger partial charge on any atom is 0.240 e. The average Bonchev–Trinajstić information content (AvgIpc) is 2.73. The maximum absolute atomic E-state index is 12.6. The van der Waals surface area contributed by atoms with Gasteiger partial charge in [0.15, 0.2) is 0 Å². The van der Waals surface area contributed by atoms with Crippen LogP contribution in [0.5, 0.6) is 0 Å². The van der Waals surface area contributed by atoms with Gasteiger partial charge in [-0.05, 0) is 75.6 Å². The quantitative estimate of drug-likeness (QED) is 0.519. The van der Waals surface area contributed by atoms with Gasteiger partial charge in [0.25, 0.3) is 0 Å². The Labute approximate surface area is 192 Å². The third-order valence-electron chi connectivity index (χ3n) is 5.60. The molecule has 0 aromatic heterocycles. The molecule has 3 rings (SSSR count). The lowest BCUT2D eigenvalue weighted by atomic mass is 9.96. The summed E-state index contributed by atoms with van der Waals surface area (Å²) in [6, 6.07) is 13.9. The molecule has 9 heteroatoms. The van der Waals surface area contributed by atoms with E-state index in [1.54, 1.807) is 57.2 Å². The lowest BCUT2D eigenvalue weighted by Crippen LogP contribution is -2.36. The highest BCUT2D eigenvalue weighted by molar-refractivity contribution is 7.94. The number of benzene rings is 2. The normalized spacial score (nSPS) is 16.0. The molecule has 1 aliphatic carbocycles. The summed E-state index contributed by atoms with van der Waals surface area (Å²) >= 11 is 0. The van der Waals surface area contributed by atoms with Crippen LogP contribution in [0.1, 0.15) is 58.4 Å². The van der Waals surface area contributed by atoms with Crippen LogP contribution >= 0.6 is 0 Å². The Hall–Kier alpha value is -2.10. The first-order valence-corrected chi connectivity index (χ1v) is 13.9. The van der Waals surface area contributed by atoms with Crippen molar-refractivity contribution in [2.75, 3.05) is 10.0 Å². The molecule has 2 aromatic carbocycles. The summed E-state index contributed by atoms with van der Waals surface area (Å²) in [5, 5.41) is 3.26. The number of hydrogen-bond donors (Lipinski definition) is 3. The Kier molecular flexibility index (Phi) is 7.52. The zero-order valence-corrected chi connectivity index (χ0v) is 20.5. The van der Waals surface area contributed by atoms with E-state index in [0.29, 0.717) is 12.2 Å². The molecule has 0 aliphatic heterocycles. The van der Waals surface area contributed by atoms with E-state index >= 15 is 0 Å². The molecule has 0 amide bonds. The van der Waals surface area contributed by atoms with Crippen molar-refractivity contribution in [3.63, 3.8) is 0 Å². The van der Waals surface area contributed by atoms with Crippen molar-refractivity contribution in [2.24, 2.45) is 0 Å². The van der Waals surface area contributed by atoms with Crippen molar-refractivity contribution < 1.29 is 16.8 Å². The average molecular weight is 480 g/mol. The van der Waals surface area contributed by atoms with E-state index in [9.17, 15) is 16.8 Å². The summed E-state index contributed by atoms with van der Waals surface area (Å²) in [6.07, 6.45) is 5.11. The minimum Gasteiger partial charge on any atom is -0.381 e. The van der Waals surface area contributed by atoms with Crippen LogP contribution in [0.3, 0.4) is 0 Å². The van der Waals surface area contributed by atoms with E-state index in [1.165, 1.54) is 6.42 Å². The van der Waals surface area contributed by atoms with Gasteiger partial charge in [-0.25, -0.2) is 21.6 Å². The summed E-state index contributed by atoms with van der Waals surface area (Å²) in [5.41, 5.74) is 2.29. The highest BCUT2D eigenvalue weighted by Gasteiger charge is 2.28. The third-order valence-corrected chi connectivity index (χ3v) is 9.25. The summed E-state index contributed by atoms with van der Waals surface area (Å²) in [4.78, 5) is 0.268. The SMILES string of the molecule is CC(C)(C)S(=O)(=O)Nc1ccc(CNc2ccc(S(=O)(=O)NC3CCCCC3)cc2)cc1. The zero-order chi connectivity index (χ0) is 23.4. The molecule has 0 spiro atoms. The van der Waals surface area contributed by atoms with Gasteiger partial charge in [-0.3, -0.25) is 4.72 Å². The van der Waals surface area contributed by atoms with Crippen molar-refractivity contribution >= 4 is 31.4 Å². The first-order valence-electron chi connectivity index (χ1n) is 10.9. The molecule has 0 unspecified atom stereocenters. The predicted molar refractivity (Wildman–Crippen MR) is 130 cm³/mol. The van der Waals surface area contributed by atoms with Crippen LogP contribution in [0, 0.1) is 0 Å². The Balaban J connectivity index is 1.56. The molecule has 1 saturated carbocycles. The van der Waals surface area contributed by atoms with E-state index < -0.39 is 24.8 Å². The van der Waals surface area contributed by atoms with Crippen molar-refractivity contribution in [3.8, 4) is 0 Å². The van der Waals surface area contributed by atoms with Crippen molar-refractivity contribution in [1.82, 2.24) is 4.72 Å². The van der Waals surface area contributed by atoms with Gasteiger partial charge in [-0.2, -0.15) is 0 Å². The molecular formula is C23H33N3O4S2. The Bertz CT molecular complexity index is 1100. The monoisotopic (exact) mass is 479 g/mol. The van der Waals surface area contributed by atoms with E-state index in [2.05, 4.69) is 14.8 Å². The van der Waals surface area contributed by atoms with Crippen molar-refractivity contribution in [2.45, 2.75) is 75.1 Å². The van der Waals surface area contributed by atoms with Gasteiger partial charge in [-0.15, -0.1) is 0 Å². The minimum absolute atomic E-state index is 0.0300. The van der Waals surface area contributed by atoms with Gasteiger partial charge in [0, 0.05) is 24.0 Å². The molecule has 0 radical (unpaired) electrons. The van der Waals surface area contributed by atoms with Crippen LogP contribution < -0.4 is 14.8 Å². The molecule has 1 fully saturated rings. The highest BCUT2D eigenvalue weighted by Crippen LogP contribution is 2.22. The smallest absolute Gasteiger partial charge is 0.240 e. The van der Waals surface area contributed by atoms with Gasteiger partial charge < -0.3 is 5.32 Å². The number of hydrogen-bond acceptors (Lipinski definition) is 5. The lowest BCUT2D eigenvalue weighted by molar-refractivity contribution is 0.412. The minimum atomic E-state index is -3.51. The number of nitrogens with one attached hydrogen (secondary N) is 3. The third kappa shape index (κ3) is 6.46. The molecular weight excluding hydrogens is 446 g/mol. The molecule has 3 N–H and O–H groups in total. The lowest BCUT2D eigenvalue weighted by Gasteiger charge is -2.22. The molecule has 0 heterocycles. The van der Waals surface area contributed by atoms with Crippen molar-refractivity contribution in [1.29, 1.82) is 0 Å². The van der Waals surface area contributed by atoms with Crippen LogP contribution in [-0.4, -0.2) is 27.6 Å². The molecule has 0 saturated heterocycles. The maximum atomic E-state index is 12.6. The van der Waals surface area contributed by atoms with E-state index in [-0.39, 0.29) is 10.9 Å².